The quantitative estimate of drug-likeness (QED) is 0.461. The van der Waals surface area contributed by atoms with E-state index in [4.69, 9.17) is 21.9 Å². The van der Waals surface area contributed by atoms with Crippen molar-refractivity contribution in [2.24, 2.45) is 23.1 Å². The third-order valence-electron chi connectivity index (χ3n) is 1.76. The summed E-state index contributed by atoms with van der Waals surface area (Å²) in [6, 6.07) is -1.67. The predicted octanol–water partition coefficient (Wildman–Crippen LogP) is -1.67. The average molecular weight is 203 g/mol. The summed E-state index contributed by atoms with van der Waals surface area (Å²) in [6.45, 7) is 3.36. The molecule has 82 valence electrons. The molecule has 0 aromatic carbocycles. The standard InChI is InChI=1S/C8H17N3O3/c1-4(2)6(10)8(13)14-3-5(9)7(11)12/h4-6H,3,9-10H2,1-2H3,(H2,11,12). The van der Waals surface area contributed by atoms with Crippen LogP contribution >= 0.6 is 0 Å². The molecule has 0 saturated heterocycles. The number of esters is 1. The van der Waals surface area contributed by atoms with E-state index in [0.29, 0.717) is 0 Å². The molecule has 6 N–H and O–H groups in total. The molecular formula is C8H17N3O3. The first-order chi connectivity index (χ1) is 6.36. The van der Waals surface area contributed by atoms with Gasteiger partial charge < -0.3 is 21.9 Å². The first-order valence-electron chi connectivity index (χ1n) is 4.33. The Morgan fingerprint density at radius 2 is 1.79 bits per heavy atom. The SMILES string of the molecule is CC(C)C(N)C(=O)OCC(N)C(N)=O. The van der Waals surface area contributed by atoms with E-state index in [1.807, 2.05) is 0 Å². The monoisotopic (exact) mass is 203 g/mol. The minimum Gasteiger partial charge on any atom is -0.462 e. The lowest BCUT2D eigenvalue weighted by molar-refractivity contribution is -0.147. The van der Waals surface area contributed by atoms with E-state index in [1.165, 1.54) is 0 Å². The predicted molar refractivity (Wildman–Crippen MR) is 50.9 cm³/mol. The van der Waals surface area contributed by atoms with E-state index < -0.39 is 24.0 Å². The summed E-state index contributed by atoms with van der Waals surface area (Å²) in [4.78, 5) is 21.6. The van der Waals surface area contributed by atoms with Crippen LogP contribution in [-0.2, 0) is 14.3 Å². The molecule has 0 rings (SSSR count). The Balaban J connectivity index is 3.91. The fourth-order valence-corrected chi connectivity index (χ4v) is 0.622. The summed E-state index contributed by atoms with van der Waals surface area (Å²) < 4.78 is 4.70. The van der Waals surface area contributed by atoms with Gasteiger partial charge in [0, 0.05) is 0 Å². The Morgan fingerprint density at radius 3 is 2.14 bits per heavy atom. The zero-order valence-electron chi connectivity index (χ0n) is 8.40. The van der Waals surface area contributed by atoms with Crippen molar-refractivity contribution < 1.29 is 14.3 Å². The Labute approximate surface area is 82.8 Å². The highest BCUT2D eigenvalue weighted by molar-refractivity contribution is 5.80. The number of hydrogen-bond donors (Lipinski definition) is 3. The highest BCUT2D eigenvalue weighted by Gasteiger charge is 2.20. The number of rotatable bonds is 5. The van der Waals surface area contributed by atoms with E-state index in [-0.39, 0.29) is 12.5 Å². The number of nitrogens with two attached hydrogens (primary N) is 3. The molecule has 14 heavy (non-hydrogen) atoms. The van der Waals surface area contributed by atoms with Crippen LogP contribution in [0.1, 0.15) is 13.8 Å². The number of amides is 1. The summed E-state index contributed by atoms with van der Waals surface area (Å²) in [5, 5.41) is 0. The molecule has 0 fully saturated rings. The number of primary amides is 1. The molecule has 2 atom stereocenters. The lowest BCUT2D eigenvalue weighted by atomic mass is 10.1. The number of hydrogen-bond acceptors (Lipinski definition) is 5. The molecule has 6 nitrogen and oxygen atoms in total. The van der Waals surface area contributed by atoms with E-state index in [0.717, 1.165) is 0 Å². The van der Waals surface area contributed by atoms with Crippen molar-refractivity contribution >= 4 is 11.9 Å². The summed E-state index contributed by atoms with van der Waals surface area (Å²) in [7, 11) is 0. The fourth-order valence-electron chi connectivity index (χ4n) is 0.622. The third-order valence-corrected chi connectivity index (χ3v) is 1.76. The molecule has 0 aliphatic rings. The summed E-state index contributed by atoms with van der Waals surface area (Å²) in [5.74, 6) is -1.31. The van der Waals surface area contributed by atoms with Crippen molar-refractivity contribution in [2.75, 3.05) is 6.61 Å². The Hall–Kier alpha value is -1.14. The molecule has 0 heterocycles. The molecular weight excluding hydrogens is 186 g/mol. The van der Waals surface area contributed by atoms with Crippen molar-refractivity contribution in [1.82, 2.24) is 0 Å². The zero-order valence-corrected chi connectivity index (χ0v) is 8.40. The van der Waals surface area contributed by atoms with Gasteiger partial charge in [-0.05, 0) is 5.92 Å². The van der Waals surface area contributed by atoms with Gasteiger partial charge in [0.1, 0.15) is 18.7 Å². The van der Waals surface area contributed by atoms with Crippen LogP contribution in [0.2, 0.25) is 0 Å². The van der Waals surface area contributed by atoms with Gasteiger partial charge in [-0.15, -0.1) is 0 Å². The molecule has 0 spiro atoms. The van der Waals surface area contributed by atoms with Crippen molar-refractivity contribution in [3.63, 3.8) is 0 Å². The van der Waals surface area contributed by atoms with E-state index in [9.17, 15) is 9.59 Å². The molecule has 0 aromatic rings. The number of ether oxygens (including phenoxy) is 1. The highest BCUT2D eigenvalue weighted by Crippen LogP contribution is 2.00. The summed E-state index contributed by atoms with van der Waals surface area (Å²) in [5.41, 5.74) is 15.6. The van der Waals surface area contributed by atoms with Crippen molar-refractivity contribution in [1.29, 1.82) is 0 Å². The van der Waals surface area contributed by atoms with Crippen LogP contribution in [-0.4, -0.2) is 30.6 Å². The van der Waals surface area contributed by atoms with Crippen LogP contribution < -0.4 is 17.2 Å². The van der Waals surface area contributed by atoms with Crippen LogP contribution in [0.3, 0.4) is 0 Å². The van der Waals surface area contributed by atoms with Crippen molar-refractivity contribution in [2.45, 2.75) is 25.9 Å². The highest BCUT2D eigenvalue weighted by atomic mass is 16.5. The Kier molecular flexibility index (Phi) is 5.11. The van der Waals surface area contributed by atoms with Gasteiger partial charge >= 0.3 is 5.97 Å². The Bertz CT molecular complexity index is 218. The molecule has 0 aliphatic heterocycles. The van der Waals surface area contributed by atoms with Gasteiger partial charge in [-0.1, -0.05) is 13.8 Å². The molecule has 0 aromatic heterocycles. The average Bonchev–Trinajstić information content (AvgIpc) is 2.11. The second-order valence-corrected chi connectivity index (χ2v) is 3.41. The lowest BCUT2D eigenvalue weighted by Crippen LogP contribution is -2.44. The van der Waals surface area contributed by atoms with E-state index in [1.54, 1.807) is 13.8 Å². The maximum Gasteiger partial charge on any atom is 0.323 e. The van der Waals surface area contributed by atoms with Crippen LogP contribution in [0.5, 0.6) is 0 Å². The molecule has 2 unspecified atom stereocenters. The summed E-state index contributed by atoms with van der Waals surface area (Å²) in [6.07, 6.45) is 0. The zero-order chi connectivity index (χ0) is 11.3. The van der Waals surface area contributed by atoms with Gasteiger partial charge in [0.2, 0.25) is 5.91 Å². The fraction of sp³-hybridized carbons (Fsp3) is 0.750. The van der Waals surface area contributed by atoms with Gasteiger partial charge in [-0.2, -0.15) is 0 Å². The molecule has 0 radical (unpaired) electrons. The van der Waals surface area contributed by atoms with Gasteiger partial charge in [-0.3, -0.25) is 9.59 Å². The van der Waals surface area contributed by atoms with Crippen LogP contribution in [0.25, 0.3) is 0 Å². The molecule has 0 bridgehead atoms. The molecule has 1 amide bonds. The minimum absolute atomic E-state index is 0.0210. The smallest absolute Gasteiger partial charge is 0.323 e. The lowest BCUT2D eigenvalue weighted by Gasteiger charge is -2.15. The minimum atomic E-state index is -0.974. The largest absolute Gasteiger partial charge is 0.462 e. The third kappa shape index (κ3) is 4.20. The maximum absolute atomic E-state index is 11.2. The molecule has 0 aliphatic carbocycles. The van der Waals surface area contributed by atoms with Crippen LogP contribution in [0, 0.1) is 5.92 Å². The van der Waals surface area contributed by atoms with E-state index >= 15 is 0 Å². The molecule has 6 heteroatoms. The van der Waals surface area contributed by atoms with Crippen molar-refractivity contribution in [3.8, 4) is 0 Å². The normalized spacial score (nSPS) is 14.9. The van der Waals surface area contributed by atoms with Gasteiger partial charge in [0.15, 0.2) is 0 Å². The van der Waals surface area contributed by atoms with Gasteiger partial charge in [-0.25, -0.2) is 0 Å². The number of carbonyl (C=O) groups is 2. The van der Waals surface area contributed by atoms with Crippen LogP contribution in [0.15, 0.2) is 0 Å². The van der Waals surface area contributed by atoms with Gasteiger partial charge in [0.25, 0.3) is 0 Å². The summed E-state index contributed by atoms with van der Waals surface area (Å²) >= 11 is 0. The Morgan fingerprint density at radius 1 is 1.29 bits per heavy atom. The first-order valence-corrected chi connectivity index (χ1v) is 4.33. The second-order valence-electron chi connectivity index (χ2n) is 3.41. The molecule has 0 saturated carbocycles. The number of carbonyl (C=O) groups excluding carboxylic acids is 2. The second kappa shape index (κ2) is 5.56. The van der Waals surface area contributed by atoms with Crippen molar-refractivity contribution in [3.05, 3.63) is 0 Å². The topological polar surface area (TPSA) is 121 Å². The van der Waals surface area contributed by atoms with Gasteiger partial charge in [0.05, 0.1) is 0 Å². The van der Waals surface area contributed by atoms with E-state index in [2.05, 4.69) is 0 Å². The first kappa shape index (κ1) is 12.9. The van der Waals surface area contributed by atoms with Crippen LogP contribution in [0.4, 0.5) is 0 Å². The maximum atomic E-state index is 11.2.